The molecule has 0 aromatic carbocycles. The number of aromatic nitrogens is 1. The molecule has 2 atom stereocenters. The lowest BCUT2D eigenvalue weighted by atomic mass is 9.81. The van der Waals surface area contributed by atoms with Crippen LogP contribution >= 0.6 is 0 Å². The molecule has 0 spiro atoms. The molecular weight excluding hydrogens is 451 g/mol. The Morgan fingerprint density at radius 3 is 2.59 bits per heavy atom. The van der Waals surface area contributed by atoms with Gasteiger partial charge in [-0.2, -0.15) is 13.2 Å². The highest BCUT2D eigenvalue weighted by Crippen LogP contribution is 2.40. The minimum atomic E-state index is -5.55. The number of nitrogens with one attached hydrogen (secondary N) is 1. The largest absolute Gasteiger partial charge is 0.511 e. The van der Waals surface area contributed by atoms with Crippen molar-refractivity contribution in [1.82, 2.24) is 14.6 Å². The van der Waals surface area contributed by atoms with Crippen LogP contribution in [0.1, 0.15) is 49.1 Å². The van der Waals surface area contributed by atoms with Gasteiger partial charge in [0.1, 0.15) is 0 Å². The van der Waals surface area contributed by atoms with Crippen molar-refractivity contribution in [2.75, 3.05) is 19.8 Å². The van der Waals surface area contributed by atoms with Crippen LogP contribution in [0.3, 0.4) is 0 Å². The summed E-state index contributed by atoms with van der Waals surface area (Å²) in [5.41, 5.74) is -3.42. The first-order chi connectivity index (χ1) is 15.1. The van der Waals surface area contributed by atoms with Crippen LogP contribution in [0.15, 0.2) is 12.3 Å². The molecule has 1 aromatic heterocycles. The van der Waals surface area contributed by atoms with E-state index in [9.17, 15) is 26.4 Å². The minimum Gasteiger partial charge on any atom is -0.467 e. The summed E-state index contributed by atoms with van der Waals surface area (Å²) in [6, 6.07) is -0.0511. The minimum absolute atomic E-state index is 0.0453. The van der Waals surface area contributed by atoms with Gasteiger partial charge in [0.05, 0.1) is 18.8 Å². The van der Waals surface area contributed by atoms with E-state index in [0.29, 0.717) is 5.88 Å². The molecule has 4 heterocycles. The molecule has 5 rings (SSSR count). The molecule has 1 N–H and O–H groups in total. The average Bonchev–Trinajstić information content (AvgIpc) is 3.12. The van der Waals surface area contributed by atoms with Crippen molar-refractivity contribution in [3.05, 3.63) is 23.4 Å². The van der Waals surface area contributed by atoms with Crippen LogP contribution in [-0.4, -0.2) is 67.7 Å². The van der Waals surface area contributed by atoms with Gasteiger partial charge in [-0.1, -0.05) is 0 Å². The second-order valence-electron chi connectivity index (χ2n) is 8.56. The predicted molar refractivity (Wildman–Crippen MR) is 107 cm³/mol. The highest BCUT2D eigenvalue weighted by Gasteiger charge is 2.50. The summed E-state index contributed by atoms with van der Waals surface area (Å²) in [7, 11) is -5.55. The van der Waals surface area contributed by atoms with Gasteiger partial charge in [-0.3, -0.25) is 4.79 Å². The van der Waals surface area contributed by atoms with Gasteiger partial charge in [-0.05, 0) is 56.6 Å². The Bertz CT molecular complexity index is 964. The zero-order chi connectivity index (χ0) is 23.1. The molecule has 1 aliphatic carbocycles. The first-order valence-electron chi connectivity index (χ1n) is 10.6. The number of sulfonamides is 1. The first kappa shape index (κ1) is 23.2. The molecule has 0 radical (unpaired) electrons. The number of carbonyl (C=O) groups is 1. The monoisotopic (exact) mass is 477 g/mol. The Morgan fingerprint density at radius 2 is 1.91 bits per heavy atom. The molecule has 3 aliphatic heterocycles. The number of pyridine rings is 1. The molecule has 178 valence electrons. The van der Waals surface area contributed by atoms with Crippen LogP contribution in [0.5, 0.6) is 5.88 Å². The maximum absolute atomic E-state index is 12.9. The molecule has 2 bridgehead atoms. The van der Waals surface area contributed by atoms with Gasteiger partial charge >= 0.3 is 15.5 Å². The summed E-state index contributed by atoms with van der Waals surface area (Å²) < 4.78 is 75.5. The van der Waals surface area contributed by atoms with Crippen LogP contribution in [0, 0.1) is 6.92 Å². The van der Waals surface area contributed by atoms with E-state index >= 15 is 0 Å². The Labute approximate surface area is 184 Å². The number of hydrogen-bond acceptors (Lipinski definition) is 6. The van der Waals surface area contributed by atoms with E-state index in [0.717, 1.165) is 36.8 Å². The summed E-state index contributed by atoms with van der Waals surface area (Å²) in [6.07, 6.45) is 4.73. The Balaban J connectivity index is 1.60. The molecule has 1 saturated heterocycles. The SMILES string of the molecule is Cc1ccnc2c1[C@H]1CC[C@H](CC1)OCC1[C@@H](NS(=O)(=O)C(F)(F)F)CCN1C(=O)CO2. The zero-order valence-electron chi connectivity index (χ0n) is 17.6. The lowest BCUT2D eigenvalue weighted by molar-refractivity contribution is -0.136. The third-order valence-electron chi connectivity index (χ3n) is 6.57. The average molecular weight is 478 g/mol. The third-order valence-corrected chi connectivity index (χ3v) is 7.79. The van der Waals surface area contributed by atoms with E-state index in [2.05, 4.69) is 4.98 Å². The fraction of sp³-hybridized carbons (Fsp3) is 0.700. The highest BCUT2D eigenvalue weighted by atomic mass is 32.2. The summed E-state index contributed by atoms with van der Waals surface area (Å²) in [6.45, 7) is 1.69. The van der Waals surface area contributed by atoms with Crippen molar-refractivity contribution in [1.29, 1.82) is 0 Å². The van der Waals surface area contributed by atoms with Crippen LogP contribution < -0.4 is 9.46 Å². The van der Waals surface area contributed by atoms with Gasteiger partial charge in [-0.15, -0.1) is 0 Å². The molecule has 1 aromatic rings. The van der Waals surface area contributed by atoms with Crippen molar-refractivity contribution in [2.45, 2.75) is 68.6 Å². The molecule has 1 amide bonds. The number of halogens is 3. The van der Waals surface area contributed by atoms with Gasteiger partial charge in [-0.25, -0.2) is 18.1 Å². The summed E-state index contributed by atoms with van der Waals surface area (Å²) in [5.74, 6) is 0.167. The van der Waals surface area contributed by atoms with Gasteiger partial charge in [0.15, 0.2) is 6.61 Å². The van der Waals surface area contributed by atoms with Gasteiger partial charge in [0.25, 0.3) is 5.91 Å². The molecule has 1 saturated carbocycles. The number of aryl methyl sites for hydroxylation is 1. The van der Waals surface area contributed by atoms with E-state index in [1.54, 1.807) is 10.9 Å². The molecule has 32 heavy (non-hydrogen) atoms. The Hall–Kier alpha value is -1.92. The summed E-state index contributed by atoms with van der Waals surface area (Å²) >= 11 is 0. The van der Waals surface area contributed by atoms with Crippen molar-refractivity contribution in [3.63, 3.8) is 0 Å². The molecule has 8 nitrogen and oxygen atoms in total. The summed E-state index contributed by atoms with van der Waals surface area (Å²) in [4.78, 5) is 18.6. The van der Waals surface area contributed by atoms with E-state index in [1.807, 2.05) is 13.0 Å². The third kappa shape index (κ3) is 4.58. The lowest BCUT2D eigenvalue weighted by Crippen LogP contribution is -2.52. The second kappa shape index (κ2) is 8.79. The van der Waals surface area contributed by atoms with Crippen molar-refractivity contribution < 1.29 is 35.9 Å². The van der Waals surface area contributed by atoms with E-state index in [-0.39, 0.29) is 38.2 Å². The standard InChI is InChI=1S/C20H26F3N3O5S/c1-12-6-8-24-19-18(12)13-2-4-14(5-3-13)30-10-16-15(25-32(28,29)20(21,22)23)7-9-26(16)17(27)11-31-19/h6,8,13-16,25H,2-5,7,9-11H2,1H3/t13-,14+,15-,16?/m0/s1. The van der Waals surface area contributed by atoms with Crippen LogP contribution in [0.25, 0.3) is 0 Å². The highest BCUT2D eigenvalue weighted by molar-refractivity contribution is 7.90. The molecule has 1 unspecified atom stereocenters. The molecule has 2 fully saturated rings. The second-order valence-corrected chi connectivity index (χ2v) is 10.3. The zero-order valence-corrected chi connectivity index (χ0v) is 18.4. The summed E-state index contributed by atoms with van der Waals surface area (Å²) in [5, 5.41) is 0. The number of carbonyl (C=O) groups excluding carboxylic acids is 1. The van der Waals surface area contributed by atoms with Gasteiger partial charge in [0, 0.05) is 24.3 Å². The number of amides is 1. The number of fused-ring (bicyclic) bond motifs is 5. The fourth-order valence-corrected chi connectivity index (χ4v) is 5.70. The number of ether oxygens (including phenoxy) is 2. The van der Waals surface area contributed by atoms with E-state index in [4.69, 9.17) is 9.47 Å². The number of hydrogen-bond donors (Lipinski definition) is 1. The maximum Gasteiger partial charge on any atom is 0.511 e. The molecular formula is C20H26F3N3O5S. The topological polar surface area (TPSA) is 97.8 Å². The van der Waals surface area contributed by atoms with Gasteiger partial charge < -0.3 is 14.4 Å². The quantitative estimate of drug-likeness (QED) is 0.702. The normalized spacial score (nSPS) is 29.4. The van der Waals surface area contributed by atoms with Crippen molar-refractivity contribution in [2.24, 2.45) is 0 Å². The van der Waals surface area contributed by atoms with Crippen molar-refractivity contribution >= 4 is 15.9 Å². The number of nitrogens with zero attached hydrogens (tertiary/aromatic N) is 2. The smallest absolute Gasteiger partial charge is 0.467 e. The Kier molecular flexibility index (Phi) is 6.38. The number of rotatable bonds is 2. The Morgan fingerprint density at radius 1 is 1.19 bits per heavy atom. The van der Waals surface area contributed by atoms with E-state index in [1.165, 1.54) is 4.90 Å². The van der Waals surface area contributed by atoms with Crippen LogP contribution in [0.4, 0.5) is 13.2 Å². The first-order valence-corrected chi connectivity index (χ1v) is 12.1. The molecule has 12 heteroatoms. The predicted octanol–water partition coefficient (Wildman–Crippen LogP) is 2.23. The van der Waals surface area contributed by atoms with Crippen molar-refractivity contribution in [3.8, 4) is 5.88 Å². The van der Waals surface area contributed by atoms with Crippen LogP contribution in [0.2, 0.25) is 0 Å². The fourth-order valence-electron chi connectivity index (χ4n) is 4.90. The van der Waals surface area contributed by atoms with Gasteiger partial charge in [0.2, 0.25) is 5.88 Å². The lowest BCUT2D eigenvalue weighted by Gasteiger charge is -2.32. The molecule has 4 aliphatic rings. The maximum atomic E-state index is 12.9. The number of alkyl halides is 3. The van der Waals surface area contributed by atoms with Crippen LogP contribution in [-0.2, 0) is 19.6 Å². The van der Waals surface area contributed by atoms with E-state index < -0.39 is 33.5 Å².